The molecular weight excluding hydrogens is 188 g/mol. The molecule has 0 aliphatic carbocycles. The summed E-state index contributed by atoms with van der Waals surface area (Å²) in [4.78, 5) is 12.4. The van der Waals surface area contributed by atoms with Crippen molar-refractivity contribution in [2.45, 2.75) is 47.5 Å². The molecule has 1 heterocycles. The van der Waals surface area contributed by atoms with Crippen LogP contribution in [0.2, 0.25) is 0 Å². The monoisotopic (exact) mass is 212 g/mol. The van der Waals surface area contributed by atoms with Crippen molar-refractivity contribution in [2.24, 2.45) is 16.7 Å². The van der Waals surface area contributed by atoms with Crippen molar-refractivity contribution >= 4 is 5.78 Å². The van der Waals surface area contributed by atoms with E-state index >= 15 is 0 Å². The van der Waals surface area contributed by atoms with Gasteiger partial charge < -0.3 is 4.74 Å². The van der Waals surface area contributed by atoms with E-state index in [-0.39, 0.29) is 16.7 Å². The molecule has 1 fully saturated rings. The van der Waals surface area contributed by atoms with E-state index in [0.717, 1.165) is 26.1 Å². The summed E-state index contributed by atoms with van der Waals surface area (Å²) in [5.74, 6) is 0.631. The Morgan fingerprint density at radius 2 is 1.53 bits per heavy atom. The number of carbonyl (C=O) groups excluding carboxylic acids is 1. The van der Waals surface area contributed by atoms with Crippen LogP contribution in [0.3, 0.4) is 0 Å². The first-order valence-electron chi connectivity index (χ1n) is 5.89. The molecule has 88 valence electrons. The highest BCUT2D eigenvalue weighted by molar-refractivity contribution is 5.87. The van der Waals surface area contributed by atoms with Gasteiger partial charge >= 0.3 is 0 Å². The smallest absolute Gasteiger partial charge is 0.142 e. The van der Waals surface area contributed by atoms with Gasteiger partial charge in [0.05, 0.1) is 0 Å². The van der Waals surface area contributed by atoms with E-state index in [9.17, 15) is 4.79 Å². The van der Waals surface area contributed by atoms with Crippen LogP contribution in [0, 0.1) is 16.7 Å². The number of hydrogen-bond acceptors (Lipinski definition) is 2. The summed E-state index contributed by atoms with van der Waals surface area (Å²) in [5, 5.41) is 0. The number of hydrogen-bond donors (Lipinski definition) is 0. The number of carbonyl (C=O) groups is 1. The van der Waals surface area contributed by atoms with Crippen molar-refractivity contribution in [3.63, 3.8) is 0 Å². The van der Waals surface area contributed by atoms with Gasteiger partial charge in [0.1, 0.15) is 5.78 Å². The number of rotatable bonds is 2. The van der Waals surface area contributed by atoms with E-state index in [1.165, 1.54) is 0 Å². The molecule has 2 heteroatoms. The zero-order valence-electron chi connectivity index (χ0n) is 10.7. The van der Waals surface area contributed by atoms with Crippen molar-refractivity contribution in [3.8, 4) is 0 Å². The van der Waals surface area contributed by atoms with E-state index in [2.05, 4.69) is 34.6 Å². The second-order valence-corrected chi connectivity index (χ2v) is 6.13. The largest absolute Gasteiger partial charge is 0.381 e. The van der Waals surface area contributed by atoms with E-state index in [1.54, 1.807) is 0 Å². The fourth-order valence-electron chi connectivity index (χ4n) is 1.84. The lowest BCUT2D eigenvalue weighted by Crippen LogP contribution is -2.42. The lowest BCUT2D eigenvalue weighted by atomic mass is 9.63. The van der Waals surface area contributed by atoms with E-state index < -0.39 is 0 Å². The molecule has 0 radical (unpaired) electrons. The summed E-state index contributed by atoms with van der Waals surface area (Å²) in [6.07, 6.45) is 1.80. The molecule has 0 aromatic heterocycles. The molecule has 0 unspecified atom stereocenters. The average molecular weight is 212 g/mol. The molecule has 1 aliphatic heterocycles. The third-order valence-electron chi connectivity index (χ3n) is 4.08. The van der Waals surface area contributed by atoms with Crippen LogP contribution in [0.15, 0.2) is 0 Å². The highest BCUT2D eigenvalue weighted by Gasteiger charge is 2.42. The number of ketones is 1. The normalized spacial score (nSPS) is 20.3. The maximum Gasteiger partial charge on any atom is 0.142 e. The van der Waals surface area contributed by atoms with Crippen LogP contribution in [-0.4, -0.2) is 19.0 Å². The van der Waals surface area contributed by atoms with Gasteiger partial charge in [0, 0.05) is 24.5 Å². The molecule has 2 nitrogen and oxygen atoms in total. The molecule has 0 amide bonds. The van der Waals surface area contributed by atoms with Crippen molar-refractivity contribution in [3.05, 3.63) is 0 Å². The Morgan fingerprint density at radius 1 is 1.07 bits per heavy atom. The average Bonchev–Trinajstić information content (AvgIpc) is 2.16. The first-order chi connectivity index (χ1) is 6.77. The minimum Gasteiger partial charge on any atom is -0.381 e. The second kappa shape index (κ2) is 4.25. The third kappa shape index (κ3) is 2.60. The molecule has 15 heavy (non-hydrogen) atoms. The fraction of sp³-hybridized carbons (Fsp3) is 0.923. The molecule has 0 bridgehead atoms. The summed E-state index contributed by atoms with van der Waals surface area (Å²) in [6, 6.07) is 0. The standard InChI is InChI=1S/C13H24O2/c1-12(2,3)13(4,5)11(14)10-6-8-15-9-7-10/h10H,6-9H2,1-5H3. The minimum atomic E-state index is -0.241. The van der Waals surface area contributed by atoms with E-state index in [1.807, 2.05) is 0 Å². The quantitative estimate of drug-likeness (QED) is 0.703. The zero-order chi connectivity index (χ0) is 11.7. The fourth-order valence-corrected chi connectivity index (χ4v) is 1.84. The van der Waals surface area contributed by atoms with Crippen LogP contribution in [0.5, 0.6) is 0 Å². The Kier molecular flexibility index (Phi) is 3.59. The van der Waals surface area contributed by atoms with Crippen LogP contribution < -0.4 is 0 Å². The number of ether oxygens (including phenoxy) is 1. The van der Waals surface area contributed by atoms with Crippen LogP contribution in [-0.2, 0) is 9.53 Å². The van der Waals surface area contributed by atoms with Gasteiger partial charge in [0.25, 0.3) is 0 Å². The van der Waals surface area contributed by atoms with E-state index in [0.29, 0.717) is 5.78 Å². The predicted octanol–water partition coefficient (Wildman–Crippen LogP) is 3.05. The lowest BCUT2D eigenvalue weighted by molar-refractivity contribution is -0.139. The molecule has 0 N–H and O–H groups in total. The summed E-state index contributed by atoms with van der Waals surface area (Å²) in [5.41, 5.74) is -0.211. The lowest BCUT2D eigenvalue weighted by Gasteiger charge is -2.40. The van der Waals surface area contributed by atoms with Gasteiger partial charge in [0.2, 0.25) is 0 Å². The Hall–Kier alpha value is -0.370. The van der Waals surface area contributed by atoms with Gasteiger partial charge in [-0.15, -0.1) is 0 Å². The molecule has 0 aromatic rings. The molecule has 0 atom stereocenters. The molecule has 1 aliphatic rings. The first-order valence-corrected chi connectivity index (χ1v) is 5.89. The van der Waals surface area contributed by atoms with Crippen LogP contribution >= 0.6 is 0 Å². The van der Waals surface area contributed by atoms with Crippen LogP contribution in [0.4, 0.5) is 0 Å². The number of Topliss-reactive ketones (excluding diaryl/α,β-unsaturated/α-hetero) is 1. The maximum atomic E-state index is 12.4. The van der Waals surface area contributed by atoms with Crippen molar-refractivity contribution < 1.29 is 9.53 Å². The Balaban J connectivity index is 2.74. The first kappa shape index (κ1) is 12.7. The molecule has 0 spiro atoms. The van der Waals surface area contributed by atoms with Crippen molar-refractivity contribution in [1.29, 1.82) is 0 Å². The Bertz CT molecular complexity index is 229. The zero-order valence-corrected chi connectivity index (χ0v) is 10.7. The molecular formula is C13H24O2. The van der Waals surface area contributed by atoms with Gasteiger partial charge in [-0.1, -0.05) is 34.6 Å². The van der Waals surface area contributed by atoms with Crippen LogP contribution in [0.1, 0.15) is 47.5 Å². The van der Waals surface area contributed by atoms with Gasteiger partial charge in [-0.25, -0.2) is 0 Å². The predicted molar refractivity (Wildman–Crippen MR) is 61.8 cm³/mol. The highest BCUT2D eigenvalue weighted by atomic mass is 16.5. The molecule has 1 saturated heterocycles. The van der Waals surface area contributed by atoms with Gasteiger partial charge in [-0.2, -0.15) is 0 Å². The SMILES string of the molecule is CC(C)(C)C(C)(C)C(=O)C1CCOCC1. The maximum absolute atomic E-state index is 12.4. The summed E-state index contributed by atoms with van der Waals surface area (Å²) >= 11 is 0. The van der Waals surface area contributed by atoms with Crippen molar-refractivity contribution in [1.82, 2.24) is 0 Å². The Morgan fingerprint density at radius 3 is 1.93 bits per heavy atom. The van der Waals surface area contributed by atoms with Gasteiger partial charge in [-0.05, 0) is 18.3 Å². The van der Waals surface area contributed by atoms with Crippen molar-refractivity contribution in [2.75, 3.05) is 13.2 Å². The molecule has 1 rings (SSSR count). The van der Waals surface area contributed by atoms with Gasteiger partial charge in [0.15, 0.2) is 0 Å². The third-order valence-corrected chi connectivity index (χ3v) is 4.08. The molecule has 0 saturated carbocycles. The second-order valence-electron chi connectivity index (χ2n) is 6.13. The van der Waals surface area contributed by atoms with Gasteiger partial charge in [-0.3, -0.25) is 4.79 Å². The summed E-state index contributed by atoms with van der Waals surface area (Å²) < 4.78 is 5.30. The van der Waals surface area contributed by atoms with E-state index in [4.69, 9.17) is 4.74 Å². The Labute approximate surface area is 93.4 Å². The summed E-state index contributed by atoms with van der Waals surface area (Å²) in [6.45, 7) is 12.1. The van der Waals surface area contributed by atoms with Crippen LogP contribution in [0.25, 0.3) is 0 Å². The summed E-state index contributed by atoms with van der Waals surface area (Å²) in [7, 11) is 0. The topological polar surface area (TPSA) is 26.3 Å². The molecule has 0 aromatic carbocycles. The highest BCUT2D eigenvalue weighted by Crippen LogP contribution is 2.41. The minimum absolute atomic E-state index is 0.0301.